The van der Waals surface area contributed by atoms with Crippen LogP contribution in [0.3, 0.4) is 0 Å². The van der Waals surface area contributed by atoms with Gasteiger partial charge in [-0.1, -0.05) is 67.4 Å². The topological polar surface area (TPSA) is 42.2 Å². The third-order valence-corrected chi connectivity index (χ3v) is 5.41. The molecule has 0 saturated heterocycles. The Labute approximate surface area is 155 Å². The Bertz CT molecular complexity index is 1070. The van der Waals surface area contributed by atoms with Crippen LogP contribution in [0.2, 0.25) is 10.0 Å². The van der Waals surface area contributed by atoms with Gasteiger partial charge in [0, 0.05) is 10.4 Å². The van der Waals surface area contributed by atoms with E-state index in [9.17, 15) is 9.90 Å². The van der Waals surface area contributed by atoms with Crippen molar-refractivity contribution in [2.24, 2.45) is 0 Å². The van der Waals surface area contributed by atoms with Crippen molar-refractivity contribution in [3.63, 3.8) is 0 Å². The van der Waals surface area contributed by atoms with E-state index in [4.69, 9.17) is 23.2 Å². The molecule has 0 radical (unpaired) electrons. The first kappa shape index (κ1) is 16.2. The molecule has 1 aliphatic heterocycles. The van der Waals surface area contributed by atoms with Gasteiger partial charge in [0.05, 0.1) is 16.9 Å². The summed E-state index contributed by atoms with van der Waals surface area (Å²) in [7, 11) is 0. The molecule has 1 N–H and O–H groups in total. The second-order valence-corrected chi connectivity index (χ2v) is 7.49. The molecule has 25 heavy (non-hydrogen) atoms. The monoisotopic (exact) mass is 371 g/mol. The summed E-state index contributed by atoms with van der Waals surface area (Å²) in [5, 5.41) is 11.5. The van der Waals surface area contributed by atoms with Gasteiger partial charge in [0.2, 0.25) is 0 Å². The highest BCUT2D eigenvalue weighted by Gasteiger charge is 2.41. The maximum Gasteiger partial charge on any atom is 0.267 e. The first-order chi connectivity index (χ1) is 11.8. The zero-order valence-corrected chi connectivity index (χ0v) is 15.2. The molecule has 3 aromatic rings. The van der Waals surface area contributed by atoms with Crippen LogP contribution in [0.5, 0.6) is 5.75 Å². The summed E-state index contributed by atoms with van der Waals surface area (Å²) in [6.07, 6.45) is 0. The lowest BCUT2D eigenvalue weighted by Crippen LogP contribution is -2.25. The van der Waals surface area contributed by atoms with E-state index in [2.05, 4.69) is 0 Å². The quantitative estimate of drug-likeness (QED) is 0.642. The van der Waals surface area contributed by atoms with Crippen LogP contribution < -0.4 is 5.56 Å². The predicted octanol–water partition coefficient (Wildman–Crippen LogP) is 5.16. The van der Waals surface area contributed by atoms with E-state index in [0.717, 1.165) is 11.3 Å². The van der Waals surface area contributed by atoms with Crippen LogP contribution >= 0.6 is 23.2 Å². The standard InChI is InChI=1S/C20H15Cl2NO2/c1-20(2)13-10-12(21)8-9-14(13)23-18(20)16(22)17(24)15(19(23)25)11-6-4-3-5-7-11/h3-10,24H,1-2H3. The molecule has 1 aromatic heterocycles. The number of hydrogen-bond acceptors (Lipinski definition) is 2. The molecule has 0 unspecified atom stereocenters. The van der Waals surface area contributed by atoms with Gasteiger partial charge in [0.1, 0.15) is 10.8 Å². The van der Waals surface area contributed by atoms with Gasteiger partial charge in [-0.3, -0.25) is 9.36 Å². The summed E-state index contributed by atoms with van der Waals surface area (Å²) in [6.45, 7) is 3.93. The lowest BCUT2D eigenvalue weighted by molar-refractivity contribution is 0.471. The van der Waals surface area contributed by atoms with Crippen molar-refractivity contribution in [1.82, 2.24) is 4.57 Å². The number of aromatic hydroxyl groups is 1. The van der Waals surface area contributed by atoms with Crippen molar-refractivity contribution < 1.29 is 5.11 Å². The summed E-state index contributed by atoms with van der Waals surface area (Å²) >= 11 is 12.7. The van der Waals surface area contributed by atoms with Crippen LogP contribution in [0, 0.1) is 0 Å². The molecule has 0 spiro atoms. The SMILES string of the molecule is CC1(C)c2cc(Cl)ccc2-n2c1c(Cl)c(O)c(-c1ccccc1)c2=O. The van der Waals surface area contributed by atoms with Crippen LogP contribution in [0.15, 0.2) is 53.3 Å². The van der Waals surface area contributed by atoms with Gasteiger partial charge in [-0.25, -0.2) is 0 Å². The fraction of sp³-hybridized carbons (Fsp3) is 0.150. The molecule has 0 fully saturated rings. The molecular weight excluding hydrogens is 357 g/mol. The number of aromatic nitrogens is 1. The summed E-state index contributed by atoms with van der Waals surface area (Å²) in [5.41, 5.74) is 2.21. The third-order valence-electron chi connectivity index (χ3n) is 4.82. The lowest BCUT2D eigenvalue weighted by atomic mass is 9.83. The molecule has 1 aliphatic rings. The van der Waals surface area contributed by atoms with E-state index >= 15 is 0 Å². The molecule has 0 bridgehead atoms. The van der Waals surface area contributed by atoms with Crippen molar-refractivity contribution in [2.75, 3.05) is 0 Å². The van der Waals surface area contributed by atoms with Gasteiger partial charge in [-0.05, 0) is 29.3 Å². The van der Waals surface area contributed by atoms with Crippen molar-refractivity contribution in [1.29, 1.82) is 0 Å². The number of benzene rings is 2. The first-order valence-electron chi connectivity index (χ1n) is 7.88. The molecule has 5 heteroatoms. The number of halogens is 2. The maximum atomic E-state index is 13.3. The largest absolute Gasteiger partial charge is 0.505 e. The highest BCUT2D eigenvalue weighted by atomic mass is 35.5. The van der Waals surface area contributed by atoms with E-state index in [0.29, 0.717) is 16.3 Å². The van der Waals surface area contributed by atoms with Crippen LogP contribution in [0.4, 0.5) is 0 Å². The fourth-order valence-electron chi connectivity index (χ4n) is 3.61. The van der Waals surface area contributed by atoms with E-state index in [-0.39, 0.29) is 21.9 Å². The summed E-state index contributed by atoms with van der Waals surface area (Å²) in [4.78, 5) is 13.3. The minimum atomic E-state index is -0.552. The van der Waals surface area contributed by atoms with Crippen molar-refractivity contribution in [3.05, 3.63) is 80.2 Å². The molecular formula is C20H15Cl2NO2. The molecule has 2 aromatic carbocycles. The Morgan fingerprint density at radius 2 is 1.72 bits per heavy atom. The molecule has 4 rings (SSSR count). The van der Waals surface area contributed by atoms with Crippen LogP contribution in [-0.2, 0) is 5.41 Å². The predicted molar refractivity (Wildman–Crippen MR) is 101 cm³/mol. The van der Waals surface area contributed by atoms with Crippen LogP contribution in [0.25, 0.3) is 16.8 Å². The zero-order chi connectivity index (χ0) is 17.9. The number of rotatable bonds is 1. The molecule has 0 amide bonds. The number of fused-ring (bicyclic) bond motifs is 3. The van der Waals surface area contributed by atoms with E-state index < -0.39 is 5.41 Å². The van der Waals surface area contributed by atoms with Gasteiger partial charge in [-0.15, -0.1) is 0 Å². The van der Waals surface area contributed by atoms with Gasteiger partial charge >= 0.3 is 0 Å². The van der Waals surface area contributed by atoms with Crippen molar-refractivity contribution in [3.8, 4) is 22.6 Å². The normalized spacial score (nSPS) is 14.2. The smallest absolute Gasteiger partial charge is 0.267 e. The molecule has 126 valence electrons. The Kier molecular flexibility index (Phi) is 3.50. The average molecular weight is 372 g/mol. The second kappa shape index (κ2) is 5.38. The Hall–Kier alpha value is -2.23. The number of pyridine rings is 1. The Balaban J connectivity index is 2.16. The second-order valence-electron chi connectivity index (χ2n) is 6.68. The van der Waals surface area contributed by atoms with E-state index in [1.54, 1.807) is 22.8 Å². The van der Waals surface area contributed by atoms with Gasteiger partial charge in [-0.2, -0.15) is 0 Å². The third kappa shape index (κ3) is 2.16. The number of nitrogens with zero attached hydrogens (tertiary/aromatic N) is 1. The Morgan fingerprint density at radius 3 is 2.40 bits per heavy atom. The first-order valence-corrected chi connectivity index (χ1v) is 8.63. The summed E-state index contributed by atoms with van der Waals surface area (Å²) < 4.78 is 1.59. The molecule has 2 heterocycles. The maximum absolute atomic E-state index is 13.3. The molecule has 0 aliphatic carbocycles. The number of hydrogen-bond donors (Lipinski definition) is 1. The van der Waals surface area contributed by atoms with E-state index in [1.807, 2.05) is 44.2 Å². The molecule has 0 atom stereocenters. The highest BCUT2D eigenvalue weighted by Crippen LogP contribution is 2.49. The molecule has 0 saturated carbocycles. The minimum Gasteiger partial charge on any atom is -0.505 e. The average Bonchev–Trinajstić information content (AvgIpc) is 2.82. The zero-order valence-electron chi connectivity index (χ0n) is 13.7. The van der Waals surface area contributed by atoms with Crippen molar-refractivity contribution >= 4 is 23.2 Å². The van der Waals surface area contributed by atoms with Gasteiger partial charge in [0.25, 0.3) is 5.56 Å². The van der Waals surface area contributed by atoms with E-state index in [1.165, 1.54) is 0 Å². The summed E-state index contributed by atoms with van der Waals surface area (Å²) in [6, 6.07) is 14.5. The summed E-state index contributed by atoms with van der Waals surface area (Å²) in [5.74, 6) is -0.184. The van der Waals surface area contributed by atoms with Gasteiger partial charge < -0.3 is 5.11 Å². The Morgan fingerprint density at radius 1 is 1.04 bits per heavy atom. The van der Waals surface area contributed by atoms with Crippen LogP contribution in [-0.4, -0.2) is 9.67 Å². The fourth-order valence-corrected chi connectivity index (χ4v) is 4.20. The lowest BCUT2D eigenvalue weighted by Gasteiger charge is -2.22. The highest BCUT2D eigenvalue weighted by molar-refractivity contribution is 6.33. The van der Waals surface area contributed by atoms with Crippen molar-refractivity contribution in [2.45, 2.75) is 19.3 Å². The van der Waals surface area contributed by atoms with Crippen LogP contribution in [0.1, 0.15) is 25.1 Å². The molecule has 3 nitrogen and oxygen atoms in total. The minimum absolute atomic E-state index is 0.184. The van der Waals surface area contributed by atoms with Gasteiger partial charge in [0.15, 0.2) is 0 Å².